The molecule has 2 saturated heterocycles. The molecule has 6 fully saturated rings. The molecule has 320 valence electrons. The summed E-state index contributed by atoms with van der Waals surface area (Å²) < 4.78 is 24.3. The summed E-state index contributed by atoms with van der Waals surface area (Å²) in [4.78, 5) is 13.1. The molecule has 0 bridgehead atoms. The number of carbonyl (C=O) groups is 1. The van der Waals surface area contributed by atoms with Gasteiger partial charge in [-0.3, -0.25) is 4.79 Å². The van der Waals surface area contributed by atoms with Gasteiger partial charge in [-0.05, 0) is 104 Å². The van der Waals surface area contributed by atoms with Crippen LogP contribution in [-0.4, -0.2) is 139 Å². The lowest BCUT2D eigenvalue weighted by molar-refractivity contribution is -0.379. The van der Waals surface area contributed by atoms with Crippen molar-refractivity contribution in [3.8, 4) is 0 Å². The molecule has 19 atom stereocenters. The van der Waals surface area contributed by atoms with E-state index in [1.54, 1.807) is 0 Å². The van der Waals surface area contributed by atoms with E-state index in [-0.39, 0.29) is 46.0 Å². The van der Waals surface area contributed by atoms with Crippen LogP contribution in [0.1, 0.15) is 106 Å². The summed E-state index contributed by atoms with van der Waals surface area (Å²) in [5, 5.41) is 95.5. The first kappa shape index (κ1) is 42.8. The molecule has 14 heteroatoms. The summed E-state index contributed by atoms with van der Waals surface area (Å²) in [6, 6.07) is 0. The second-order valence-electron chi connectivity index (χ2n) is 20.5. The van der Waals surface area contributed by atoms with Crippen LogP contribution in [-0.2, 0) is 23.7 Å². The van der Waals surface area contributed by atoms with E-state index in [2.05, 4.69) is 40.7 Å². The SMILES string of the molecule is CC1(C)CC[C@]2(C(=O)O)CC[C@]3(C)C(=CCC4[C@@]5(C)CC[C@H](O[C@@H]6OC(CO)[C@@H](O)C(O)[C@@H]6O[C@@H]6OC(CO)[C@H](O)C(O)[C@@H]6O)[C@@](C)(CO)C5CC[C@]43C)C2C1. The molecule has 9 N–H and O–H groups in total. The maximum Gasteiger partial charge on any atom is 0.310 e. The highest BCUT2D eigenvalue weighted by Gasteiger charge is 2.70. The van der Waals surface area contributed by atoms with Crippen LogP contribution in [0.4, 0.5) is 0 Å². The number of hydrogen-bond donors (Lipinski definition) is 9. The Labute approximate surface area is 330 Å². The van der Waals surface area contributed by atoms with Gasteiger partial charge in [-0.1, -0.05) is 53.2 Å². The van der Waals surface area contributed by atoms with Crippen LogP contribution in [0.3, 0.4) is 0 Å². The van der Waals surface area contributed by atoms with Gasteiger partial charge in [0, 0.05) is 5.41 Å². The van der Waals surface area contributed by atoms with Crippen molar-refractivity contribution in [3.63, 3.8) is 0 Å². The summed E-state index contributed by atoms with van der Waals surface area (Å²) in [6.07, 6.45) is -6.00. The topological polar surface area (TPSA) is 236 Å². The Balaban J connectivity index is 1.17. The van der Waals surface area contributed by atoms with Gasteiger partial charge in [0.1, 0.15) is 48.8 Å². The first-order valence-corrected chi connectivity index (χ1v) is 21.0. The number of carboxylic acid groups (broad SMARTS) is 1. The maximum absolute atomic E-state index is 13.1. The van der Waals surface area contributed by atoms with Crippen molar-refractivity contribution in [2.45, 2.75) is 173 Å². The van der Waals surface area contributed by atoms with Gasteiger partial charge >= 0.3 is 5.97 Å². The number of aliphatic hydroxyl groups excluding tert-OH is 8. The standard InChI is InChI=1S/C42H68O14/c1-37(2)13-15-42(36(51)52)16-14-40(5)21(22(42)17-37)7-8-26-38(3)11-10-27(39(4,20-45)25(38)9-12-41(26,40)6)55-35-33(31(49)29(47)24(19-44)54-35)56-34-32(50)30(48)28(46)23(18-43)53-34/h7,22-35,43-50H,8-20H2,1-6H3,(H,51,52)/t22?,23?,24?,25?,26?,27-,28-,29+,30?,31?,32-,33-,34-,35-,38-,39-,40+,41+,42-/m0/s1. The fourth-order valence-electron chi connectivity index (χ4n) is 13.7. The Bertz CT molecular complexity index is 1500. The van der Waals surface area contributed by atoms with Crippen LogP contribution in [0.2, 0.25) is 0 Å². The van der Waals surface area contributed by atoms with Gasteiger partial charge in [-0.2, -0.15) is 0 Å². The first-order valence-electron chi connectivity index (χ1n) is 21.0. The minimum absolute atomic E-state index is 0.00269. The number of aliphatic carboxylic acids is 1. The number of allylic oxidation sites excluding steroid dienone is 2. The summed E-state index contributed by atoms with van der Waals surface area (Å²) in [5.74, 6) is -0.394. The molecule has 0 aromatic rings. The zero-order chi connectivity index (χ0) is 41.0. The van der Waals surface area contributed by atoms with E-state index in [4.69, 9.17) is 18.9 Å². The zero-order valence-electron chi connectivity index (χ0n) is 33.9. The van der Waals surface area contributed by atoms with Crippen molar-refractivity contribution in [2.24, 2.45) is 50.2 Å². The predicted octanol–water partition coefficient (Wildman–Crippen LogP) is 1.85. The molecule has 0 aromatic carbocycles. The minimum atomic E-state index is -1.79. The lowest BCUT2D eigenvalue weighted by Crippen LogP contribution is -2.67. The molecule has 14 nitrogen and oxygen atoms in total. The van der Waals surface area contributed by atoms with Crippen molar-refractivity contribution in [2.75, 3.05) is 19.8 Å². The van der Waals surface area contributed by atoms with Crippen molar-refractivity contribution in [1.82, 2.24) is 0 Å². The van der Waals surface area contributed by atoms with E-state index < -0.39 is 97.5 Å². The Morgan fingerprint density at radius 3 is 1.98 bits per heavy atom. The number of hydrogen-bond acceptors (Lipinski definition) is 13. The third kappa shape index (κ3) is 6.21. The second kappa shape index (κ2) is 14.7. The number of rotatable bonds is 8. The summed E-state index contributed by atoms with van der Waals surface area (Å²) >= 11 is 0. The van der Waals surface area contributed by atoms with Crippen molar-refractivity contribution >= 4 is 5.97 Å². The Morgan fingerprint density at radius 2 is 1.36 bits per heavy atom. The zero-order valence-corrected chi connectivity index (χ0v) is 33.9. The Hall–Kier alpha value is -1.27. The lowest BCUT2D eigenvalue weighted by atomic mass is 9.33. The number of aliphatic hydroxyl groups is 8. The molecular formula is C42H68O14. The van der Waals surface area contributed by atoms with E-state index in [0.717, 1.165) is 44.9 Å². The molecule has 2 heterocycles. The smallest absolute Gasteiger partial charge is 0.310 e. The third-order valence-corrected chi connectivity index (χ3v) is 17.4. The molecule has 7 unspecified atom stereocenters. The van der Waals surface area contributed by atoms with Crippen molar-refractivity contribution < 1.29 is 69.7 Å². The van der Waals surface area contributed by atoms with Crippen molar-refractivity contribution in [1.29, 1.82) is 0 Å². The van der Waals surface area contributed by atoms with Crippen LogP contribution in [0.15, 0.2) is 11.6 Å². The quantitative estimate of drug-likeness (QED) is 0.126. The Morgan fingerprint density at radius 1 is 0.732 bits per heavy atom. The van der Waals surface area contributed by atoms with E-state index in [1.807, 2.05) is 6.92 Å². The fourth-order valence-corrected chi connectivity index (χ4v) is 13.7. The lowest BCUT2D eigenvalue weighted by Gasteiger charge is -2.71. The number of ether oxygens (including phenoxy) is 4. The van der Waals surface area contributed by atoms with Gasteiger partial charge in [-0.15, -0.1) is 0 Å². The normalized spacial score (nSPS) is 54.1. The third-order valence-electron chi connectivity index (χ3n) is 17.4. The molecule has 4 saturated carbocycles. The molecule has 7 rings (SSSR count). The summed E-state index contributed by atoms with van der Waals surface area (Å²) in [7, 11) is 0. The Kier molecular flexibility index (Phi) is 11.3. The number of fused-ring (bicyclic) bond motifs is 7. The minimum Gasteiger partial charge on any atom is -0.481 e. The van der Waals surface area contributed by atoms with E-state index in [9.17, 15) is 50.8 Å². The molecule has 5 aliphatic carbocycles. The van der Waals surface area contributed by atoms with Crippen LogP contribution in [0.25, 0.3) is 0 Å². The van der Waals surface area contributed by atoms with E-state index in [1.165, 1.54) is 5.57 Å². The van der Waals surface area contributed by atoms with E-state index in [0.29, 0.717) is 19.3 Å². The highest BCUT2D eigenvalue weighted by Crippen LogP contribution is 2.76. The van der Waals surface area contributed by atoms with Gasteiger partial charge in [0.25, 0.3) is 0 Å². The number of carboxylic acids is 1. The molecule has 0 radical (unpaired) electrons. The van der Waals surface area contributed by atoms with Gasteiger partial charge in [0.05, 0.1) is 31.3 Å². The molecule has 56 heavy (non-hydrogen) atoms. The summed E-state index contributed by atoms with van der Waals surface area (Å²) in [6.45, 7) is 12.2. The van der Waals surface area contributed by atoms with E-state index >= 15 is 0 Å². The highest BCUT2D eigenvalue weighted by atomic mass is 16.8. The van der Waals surface area contributed by atoms with Gasteiger partial charge in [-0.25, -0.2) is 0 Å². The first-order chi connectivity index (χ1) is 26.2. The van der Waals surface area contributed by atoms with Crippen molar-refractivity contribution in [3.05, 3.63) is 11.6 Å². The second-order valence-corrected chi connectivity index (χ2v) is 20.5. The van der Waals surface area contributed by atoms with Crippen LogP contribution < -0.4 is 0 Å². The summed E-state index contributed by atoms with van der Waals surface area (Å²) in [5.41, 5.74) is -0.607. The fraction of sp³-hybridized carbons (Fsp3) is 0.929. The molecular weight excluding hydrogens is 728 g/mol. The molecule has 7 aliphatic rings. The van der Waals surface area contributed by atoms with Crippen LogP contribution in [0.5, 0.6) is 0 Å². The molecule has 0 amide bonds. The van der Waals surface area contributed by atoms with Crippen LogP contribution >= 0.6 is 0 Å². The van der Waals surface area contributed by atoms with Gasteiger partial charge < -0.3 is 64.9 Å². The highest BCUT2D eigenvalue weighted by molar-refractivity contribution is 5.76. The molecule has 2 aliphatic heterocycles. The van der Waals surface area contributed by atoms with Crippen LogP contribution in [0, 0.1) is 50.2 Å². The van der Waals surface area contributed by atoms with Gasteiger partial charge in [0.2, 0.25) is 0 Å². The molecule has 0 spiro atoms. The monoisotopic (exact) mass is 796 g/mol. The molecule has 0 aromatic heterocycles. The largest absolute Gasteiger partial charge is 0.481 e. The predicted molar refractivity (Wildman–Crippen MR) is 199 cm³/mol. The van der Waals surface area contributed by atoms with Gasteiger partial charge in [0.15, 0.2) is 12.6 Å². The average molecular weight is 797 g/mol. The maximum atomic E-state index is 13.1. The average Bonchev–Trinajstić information content (AvgIpc) is 3.15.